The van der Waals surface area contributed by atoms with Crippen LogP contribution in [0.3, 0.4) is 0 Å². The minimum absolute atomic E-state index is 0.0996. The highest BCUT2D eigenvalue weighted by atomic mass is 31.2. The van der Waals surface area contributed by atoms with Gasteiger partial charge in [-0.1, -0.05) is 44.8 Å². The lowest BCUT2D eigenvalue weighted by Crippen LogP contribution is -2.31. The smallest absolute Gasteiger partial charge is 0.339 e. The van der Waals surface area contributed by atoms with E-state index >= 15 is 0 Å². The van der Waals surface area contributed by atoms with E-state index in [1.807, 2.05) is 18.7 Å². The molecule has 0 saturated carbocycles. The zero-order chi connectivity index (χ0) is 18.8. The summed E-state index contributed by atoms with van der Waals surface area (Å²) in [4.78, 5) is 30.4. The third-order valence-electron chi connectivity index (χ3n) is 3.09. The molecule has 0 atom stereocenters. The minimum atomic E-state index is -4.31. The molecule has 0 aromatic rings. The molecule has 0 aromatic carbocycles. The molecule has 0 saturated heterocycles. The Morgan fingerprint density at radius 2 is 1.62 bits per heavy atom. The average Bonchev–Trinajstić information content (AvgIpc) is 2.51. The van der Waals surface area contributed by atoms with Crippen LogP contribution in [0.1, 0.15) is 58.8 Å². The lowest BCUT2D eigenvalue weighted by atomic mass is 10.1. The van der Waals surface area contributed by atoms with Crippen LogP contribution in [-0.4, -0.2) is 40.3 Å². The lowest BCUT2D eigenvalue weighted by Gasteiger charge is -2.20. The maximum Gasteiger partial charge on any atom is 0.469 e. The highest BCUT2D eigenvalue weighted by Gasteiger charge is 2.12. The molecule has 0 aliphatic carbocycles. The molecule has 7 heteroatoms. The largest absolute Gasteiger partial charge is 0.469 e. The molecule has 1 amide bonds. The van der Waals surface area contributed by atoms with Crippen molar-refractivity contribution in [1.29, 1.82) is 0 Å². The maximum absolute atomic E-state index is 11.6. The van der Waals surface area contributed by atoms with Gasteiger partial charge in [-0.15, -0.1) is 13.2 Å². The van der Waals surface area contributed by atoms with Crippen LogP contribution in [0.5, 0.6) is 0 Å². The third-order valence-corrected chi connectivity index (χ3v) is 3.61. The van der Waals surface area contributed by atoms with Crippen molar-refractivity contribution in [2.24, 2.45) is 0 Å². The molecular formula is C17H34NO5P. The zero-order valence-corrected chi connectivity index (χ0v) is 16.0. The van der Waals surface area contributed by atoms with E-state index in [1.165, 1.54) is 0 Å². The number of carbonyl (C=O) groups excluding carboxylic acids is 1. The van der Waals surface area contributed by atoms with Crippen molar-refractivity contribution < 1.29 is 23.7 Å². The maximum atomic E-state index is 11.6. The molecule has 0 bridgehead atoms. The van der Waals surface area contributed by atoms with E-state index < -0.39 is 7.82 Å². The third kappa shape index (κ3) is 19.1. The number of nitrogens with zero attached hydrogens (tertiary/aromatic N) is 1. The van der Waals surface area contributed by atoms with Crippen molar-refractivity contribution in [2.75, 3.05) is 19.7 Å². The molecule has 0 heterocycles. The van der Waals surface area contributed by atoms with Crippen molar-refractivity contribution in [2.45, 2.75) is 58.8 Å². The van der Waals surface area contributed by atoms with Gasteiger partial charge in [0.25, 0.3) is 0 Å². The van der Waals surface area contributed by atoms with Gasteiger partial charge in [-0.3, -0.25) is 9.32 Å². The van der Waals surface area contributed by atoms with Crippen molar-refractivity contribution in [3.8, 4) is 0 Å². The molecule has 0 radical (unpaired) electrons. The Hall–Kier alpha value is -0.940. The Balaban J connectivity index is 0. The Morgan fingerprint density at radius 1 is 1.12 bits per heavy atom. The number of allylic oxidation sites excluding steroid dienone is 1. The first-order valence-electron chi connectivity index (χ1n) is 8.48. The van der Waals surface area contributed by atoms with Gasteiger partial charge in [-0.05, 0) is 19.8 Å². The molecule has 0 unspecified atom stereocenters. The Morgan fingerprint density at radius 3 is 2.08 bits per heavy atom. The number of hydrogen-bond donors (Lipinski definition) is 2. The standard InChI is InChI=1S/C14H28NO5P.C3H6/c1-3-11-15(14(16)4-2)12-9-7-5-6-8-10-13-20-21(17,18)19;1-3-2/h3H,1,4-13H2,2H3,(H2,17,18,19);3H,1H2,2H3. The first-order valence-corrected chi connectivity index (χ1v) is 10.0. The second-order valence-electron chi connectivity index (χ2n) is 5.34. The monoisotopic (exact) mass is 363 g/mol. The fraction of sp³-hybridized carbons (Fsp3) is 0.706. The van der Waals surface area contributed by atoms with Crippen LogP contribution in [0.4, 0.5) is 0 Å². The van der Waals surface area contributed by atoms with E-state index in [2.05, 4.69) is 17.7 Å². The van der Waals surface area contributed by atoms with Gasteiger partial charge in [0.05, 0.1) is 6.61 Å². The van der Waals surface area contributed by atoms with Gasteiger partial charge in [0.1, 0.15) is 0 Å². The predicted octanol–water partition coefficient (Wildman–Crippen LogP) is 4.05. The number of unbranched alkanes of at least 4 members (excludes halogenated alkanes) is 5. The second kappa shape index (κ2) is 16.9. The van der Waals surface area contributed by atoms with Gasteiger partial charge in [-0.2, -0.15) is 0 Å². The summed E-state index contributed by atoms with van der Waals surface area (Å²) < 4.78 is 14.8. The van der Waals surface area contributed by atoms with Crippen LogP contribution in [0.15, 0.2) is 25.3 Å². The number of amides is 1. The van der Waals surface area contributed by atoms with Crippen LogP contribution in [0.2, 0.25) is 0 Å². The summed E-state index contributed by atoms with van der Waals surface area (Å²) >= 11 is 0. The van der Waals surface area contributed by atoms with E-state index in [0.29, 0.717) is 19.4 Å². The summed E-state index contributed by atoms with van der Waals surface area (Å²) in [7, 11) is -4.31. The van der Waals surface area contributed by atoms with Crippen LogP contribution in [0, 0.1) is 0 Å². The number of hydrogen-bond acceptors (Lipinski definition) is 3. The van der Waals surface area contributed by atoms with E-state index in [9.17, 15) is 9.36 Å². The minimum Gasteiger partial charge on any atom is -0.339 e. The van der Waals surface area contributed by atoms with E-state index in [4.69, 9.17) is 9.79 Å². The average molecular weight is 363 g/mol. The number of rotatable bonds is 13. The summed E-state index contributed by atoms with van der Waals surface area (Å²) in [5.74, 6) is 0.157. The molecule has 2 N–H and O–H groups in total. The first kappa shape index (κ1) is 25.3. The fourth-order valence-corrected chi connectivity index (χ4v) is 2.36. The molecular weight excluding hydrogens is 329 g/mol. The molecule has 0 spiro atoms. The quantitative estimate of drug-likeness (QED) is 0.293. The van der Waals surface area contributed by atoms with E-state index in [-0.39, 0.29) is 12.5 Å². The Kier molecular flexibility index (Phi) is 17.8. The van der Waals surface area contributed by atoms with Gasteiger partial charge in [0, 0.05) is 19.5 Å². The summed E-state index contributed by atoms with van der Waals surface area (Å²) in [5.41, 5.74) is 0. The molecule has 0 aromatic heterocycles. The van der Waals surface area contributed by atoms with Crippen LogP contribution >= 0.6 is 7.82 Å². The first-order chi connectivity index (χ1) is 11.3. The predicted molar refractivity (Wildman–Crippen MR) is 98.6 cm³/mol. The summed E-state index contributed by atoms with van der Waals surface area (Å²) in [6.07, 6.45) is 9.64. The van der Waals surface area contributed by atoms with Crippen LogP contribution < -0.4 is 0 Å². The van der Waals surface area contributed by atoms with Gasteiger partial charge in [0.2, 0.25) is 5.91 Å². The highest BCUT2D eigenvalue weighted by Crippen LogP contribution is 2.35. The number of phosphoric ester groups is 1. The molecule has 0 aliphatic rings. The summed E-state index contributed by atoms with van der Waals surface area (Å²) in [5, 5.41) is 0. The summed E-state index contributed by atoms with van der Waals surface area (Å²) in [6.45, 7) is 12.2. The molecule has 142 valence electrons. The van der Waals surface area contributed by atoms with Crippen molar-refractivity contribution in [3.63, 3.8) is 0 Å². The van der Waals surface area contributed by atoms with Gasteiger partial charge in [0.15, 0.2) is 0 Å². The van der Waals surface area contributed by atoms with Gasteiger partial charge < -0.3 is 14.7 Å². The number of carbonyl (C=O) groups is 1. The van der Waals surface area contributed by atoms with Crippen molar-refractivity contribution >= 4 is 13.7 Å². The van der Waals surface area contributed by atoms with E-state index in [0.717, 1.165) is 38.6 Å². The molecule has 0 rings (SSSR count). The Labute approximate surface area is 146 Å². The van der Waals surface area contributed by atoms with Crippen LogP contribution in [0.25, 0.3) is 0 Å². The van der Waals surface area contributed by atoms with Gasteiger partial charge in [-0.25, -0.2) is 4.57 Å². The van der Waals surface area contributed by atoms with Gasteiger partial charge >= 0.3 is 7.82 Å². The normalized spacial score (nSPS) is 10.5. The molecule has 6 nitrogen and oxygen atoms in total. The fourth-order valence-electron chi connectivity index (χ4n) is 1.99. The van der Waals surface area contributed by atoms with Crippen molar-refractivity contribution in [1.82, 2.24) is 4.90 Å². The molecule has 0 fully saturated rings. The van der Waals surface area contributed by atoms with Crippen LogP contribution in [-0.2, 0) is 13.9 Å². The summed E-state index contributed by atoms with van der Waals surface area (Å²) in [6, 6.07) is 0. The van der Waals surface area contributed by atoms with Crippen molar-refractivity contribution in [3.05, 3.63) is 25.3 Å². The zero-order valence-electron chi connectivity index (χ0n) is 15.2. The second-order valence-corrected chi connectivity index (χ2v) is 6.57. The topological polar surface area (TPSA) is 87.1 Å². The Bertz CT molecular complexity index is 381. The number of phosphoric acid groups is 1. The van der Waals surface area contributed by atoms with E-state index in [1.54, 1.807) is 12.2 Å². The highest BCUT2D eigenvalue weighted by molar-refractivity contribution is 7.46. The SMILES string of the molecule is C=CC.C=CCN(CCCCCCCCOP(=O)(O)O)C(=O)CC. The lowest BCUT2D eigenvalue weighted by molar-refractivity contribution is -0.130. The molecule has 0 aliphatic heterocycles. The molecule has 24 heavy (non-hydrogen) atoms.